The van der Waals surface area contributed by atoms with E-state index in [0.29, 0.717) is 5.56 Å². The molecule has 0 bridgehead atoms. The van der Waals surface area contributed by atoms with Gasteiger partial charge in [0, 0.05) is 5.56 Å². The Morgan fingerprint density at radius 2 is 2.05 bits per heavy atom. The number of carboxylic acids is 1. The predicted octanol–water partition coefficient (Wildman–Crippen LogP) is 2.30. The number of carboxylic acid groups (broad SMARTS) is 1. The summed E-state index contributed by atoms with van der Waals surface area (Å²) in [5.41, 5.74) is 5.86. The molecule has 0 atom stereocenters. The van der Waals surface area contributed by atoms with Crippen LogP contribution in [0.2, 0.25) is 0 Å². The van der Waals surface area contributed by atoms with Crippen molar-refractivity contribution in [2.24, 2.45) is 10.8 Å². The van der Waals surface area contributed by atoms with Gasteiger partial charge in [0.25, 0.3) is 0 Å². The first-order valence-electron chi connectivity index (χ1n) is 7.18. The standard InChI is InChI=1S/C15H19N3O3S/c16-15(22)18(11-6-2-1-3-7-11)17-9-10-5-4-8-12(19)13(10)14(20)21/h4-5,8-9,11,19H,1-3,6-7H2,(H2,16,22)(H,20,21). The molecule has 0 aliphatic heterocycles. The number of nitrogens with two attached hydrogens (primary N) is 1. The van der Waals surface area contributed by atoms with Gasteiger partial charge < -0.3 is 15.9 Å². The third kappa shape index (κ3) is 3.73. The zero-order valence-corrected chi connectivity index (χ0v) is 12.9. The molecule has 0 saturated heterocycles. The molecule has 0 amide bonds. The Morgan fingerprint density at radius 3 is 2.64 bits per heavy atom. The molecule has 1 aliphatic carbocycles. The van der Waals surface area contributed by atoms with Crippen LogP contribution in [0, 0.1) is 0 Å². The molecule has 2 rings (SSSR count). The molecule has 0 radical (unpaired) electrons. The number of rotatable bonds is 4. The molecule has 1 aliphatic rings. The summed E-state index contributed by atoms with van der Waals surface area (Å²) in [6, 6.07) is 4.61. The number of phenols is 1. The van der Waals surface area contributed by atoms with Crippen LogP contribution in [0.3, 0.4) is 0 Å². The average molecular weight is 321 g/mol. The predicted molar refractivity (Wildman–Crippen MR) is 88.2 cm³/mol. The summed E-state index contributed by atoms with van der Waals surface area (Å²) >= 11 is 5.05. The number of carbonyl (C=O) groups is 1. The van der Waals surface area contributed by atoms with E-state index in [4.69, 9.17) is 18.0 Å². The first-order valence-corrected chi connectivity index (χ1v) is 7.59. The summed E-state index contributed by atoms with van der Waals surface area (Å²) in [6.07, 6.45) is 6.71. The van der Waals surface area contributed by atoms with E-state index in [-0.39, 0.29) is 22.5 Å². The molecular formula is C15H19N3O3S. The lowest BCUT2D eigenvalue weighted by Crippen LogP contribution is -2.40. The maximum absolute atomic E-state index is 11.2. The van der Waals surface area contributed by atoms with Gasteiger partial charge in [-0.15, -0.1) is 0 Å². The van der Waals surface area contributed by atoms with E-state index in [0.717, 1.165) is 25.7 Å². The fourth-order valence-corrected chi connectivity index (χ4v) is 2.88. The number of hydrogen-bond acceptors (Lipinski definition) is 4. The maximum Gasteiger partial charge on any atom is 0.340 e. The highest BCUT2D eigenvalue weighted by Crippen LogP contribution is 2.23. The Labute approximate surface area is 134 Å². The van der Waals surface area contributed by atoms with Crippen molar-refractivity contribution in [2.45, 2.75) is 38.1 Å². The third-order valence-electron chi connectivity index (χ3n) is 3.76. The molecule has 0 heterocycles. The third-order valence-corrected chi connectivity index (χ3v) is 3.94. The number of aromatic hydroxyl groups is 1. The van der Waals surface area contributed by atoms with Gasteiger partial charge in [0.1, 0.15) is 11.3 Å². The lowest BCUT2D eigenvalue weighted by Gasteiger charge is -2.30. The molecule has 1 fully saturated rings. The second-order valence-electron chi connectivity index (χ2n) is 5.27. The van der Waals surface area contributed by atoms with Crippen molar-refractivity contribution in [1.29, 1.82) is 0 Å². The van der Waals surface area contributed by atoms with Crippen LogP contribution in [-0.4, -0.2) is 38.6 Å². The SMILES string of the molecule is NC(=S)N(N=Cc1cccc(O)c1C(=O)O)C1CCCCC1. The van der Waals surface area contributed by atoms with E-state index in [9.17, 15) is 15.0 Å². The Balaban J connectivity index is 2.26. The molecule has 1 aromatic rings. The van der Waals surface area contributed by atoms with E-state index in [1.54, 1.807) is 17.1 Å². The zero-order chi connectivity index (χ0) is 16.1. The molecule has 7 heteroatoms. The van der Waals surface area contributed by atoms with Crippen LogP contribution < -0.4 is 5.73 Å². The second kappa shape index (κ2) is 7.22. The van der Waals surface area contributed by atoms with Gasteiger partial charge in [-0.3, -0.25) is 0 Å². The molecule has 0 spiro atoms. The Hall–Kier alpha value is -2.15. The van der Waals surface area contributed by atoms with Gasteiger partial charge >= 0.3 is 5.97 Å². The summed E-state index contributed by atoms with van der Waals surface area (Å²) < 4.78 is 0. The van der Waals surface area contributed by atoms with E-state index in [1.807, 2.05) is 0 Å². The van der Waals surface area contributed by atoms with Gasteiger partial charge in [0.05, 0.1) is 12.3 Å². The van der Waals surface area contributed by atoms with Gasteiger partial charge in [-0.1, -0.05) is 31.4 Å². The van der Waals surface area contributed by atoms with E-state index in [1.165, 1.54) is 18.7 Å². The highest BCUT2D eigenvalue weighted by molar-refractivity contribution is 7.80. The highest BCUT2D eigenvalue weighted by Gasteiger charge is 2.22. The number of benzene rings is 1. The quantitative estimate of drug-likeness (QED) is 0.447. The van der Waals surface area contributed by atoms with Crippen LogP contribution in [-0.2, 0) is 0 Å². The van der Waals surface area contributed by atoms with Crippen molar-refractivity contribution >= 4 is 29.5 Å². The topological polar surface area (TPSA) is 99.1 Å². The van der Waals surface area contributed by atoms with Crippen molar-refractivity contribution in [3.63, 3.8) is 0 Å². The van der Waals surface area contributed by atoms with Crippen LogP contribution >= 0.6 is 12.2 Å². The van der Waals surface area contributed by atoms with Crippen molar-refractivity contribution in [3.05, 3.63) is 29.3 Å². The highest BCUT2D eigenvalue weighted by atomic mass is 32.1. The summed E-state index contributed by atoms with van der Waals surface area (Å²) in [5.74, 6) is -1.50. The summed E-state index contributed by atoms with van der Waals surface area (Å²) in [6.45, 7) is 0. The monoisotopic (exact) mass is 321 g/mol. The smallest absolute Gasteiger partial charge is 0.340 e. The minimum Gasteiger partial charge on any atom is -0.507 e. The van der Waals surface area contributed by atoms with Gasteiger partial charge in [0.2, 0.25) is 0 Å². The Morgan fingerprint density at radius 1 is 1.36 bits per heavy atom. The van der Waals surface area contributed by atoms with E-state index >= 15 is 0 Å². The zero-order valence-electron chi connectivity index (χ0n) is 12.1. The molecule has 1 saturated carbocycles. The molecule has 0 aromatic heterocycles. The average Bonchev–Trinajstić information content (AvgIpc) is 2.48. The van der Waals surface area contributed by atoms with Crippen LogP contribution in [0.5, 0.6) is 5.75 Å². The fraction of sp³-hybridized carbons (Fsp3) is 0.400. The van der Waals surface area contributed by atoms with Crippen molar-refractivity contribution in [3.8, 4) is 5.75 Å². The molecule has 1 aromatic carbocycles. The minimum atomic E-state index is -1.21. The van der Waals surface area contributed by atoms with Crippen LogP contribution in [0.1, 0.15) is 48.0 Å². The molecule has 0 unspecified atom stereocenters. The van der Waals surface area contributed by atoms with Gasteiger partial charge in [0.15, 0.2) is 5.11 Å². The number of thiocarbonyl (C=S) groups is 1. The van der Waals surface area contributed by atoms with Crippen molar-refractivity contribution in [2.75, 3.05) is 0 Å². The molecule has 4 N–H and O–H groups in total. The lowest BCUT2D eigenvalue weighted by molar-refractivity contribution is 0.0693. The first kappa shape index (κ1) is 16.2. The van der Waals surface area contributed by atoms with Crippen LogP contribution in [0.25, 0.3) is 0 Å². The Bertz CT molecular complexity index is 598. The maximum atomic E-state index is 11.2. The summed E-state index contributed by atoms with van der Waals surface area (Å²) in [7, 11) is 0. The molecule has 6 nitrogen and oxygen atoms in total. The largest absolute Gasteiger partial charge is 0.507 e. The summed E-state index contributed by atoms with van der Waals surface area (Å²) in [5, 5.41) is 24.9. The number of hydrazone groups is 1. The van der Waals surface area contributed by atoms with Crippen molar-refractivity contribution < 1.29 is 15.0 Å². The molecular weight excluding hydrogens is 302 g/mol. The van der Waals surface area contributed by atoms with Gasteiger partial charge in [-0.05, 0) is 31.1 Å². The molecule has 118 valence electrons. The first-order chi connectivity index (χ1) is 10.5. The van der Waals surface area contributed by atoms with Gasteiger partial charge in [-0.25, -0.2) is 9.80 Å². The van der Waals surface area contributed by atoms with Gasteiger partial charge in [-0.2, -0.15) is 5.10 Å². The van der Waals surface area contributed by atoms with Crippen molar-refractivity contribution in [1.82, 2.24) is 5.01 Å². The molecule has 22 heavy (non-hydrogen) atoms. The fourth-order valence-electron chi connectivity index (χ4n) is 2.68. The number of nitrogens with zero attached hydrogens (tertiary/aromatic N) is 2. The minimum absolute atomic E-state index is 0.146. The second-order valence-corrected chi connectivity index (χ2v) is 5.68. The summed E-state index contributed by atoms with van der Waals surface area (Å²) in [4.78, 5) is 11.2. The van der Waals surface area contributed by atoms with Crippen LogP contribution in [0.15, 0.2) is 23.3 Å². The number of aromatic carboxylic acids is 1. The van der Waals surface area contributed by atoms with Crippen LogP contribution in [0.4, 0.5) is 0 Å². The number of hydrogen-bond donors (Lipinski definition) is 3. The normalized spacial score (nSPS) is 15.8. The van der Waals surface area contributed by atoms with E-state index < -0.39 is 5.97 Å². The lowest BCUT2D eigenvalue weighted by atomic mass is 9.95. The van der Waals surface area contributed by atoms with E-state index in [2.05, 4.69) is 5.10 Å². The Kier molecular flexibility index (Phi) is 5.32.